The number of methoxy groups -OCH3 is 1. The van der Waals surface area contributed by atoms with Gasteiger partial charge in [0.2, 0.25) is 5.82 Å². The van der Waals surface area contributed by atoms with Crippen molar-refractivity contribution in [1.29, 1.82) is 0 Å². The molecule has 0 atom stereocenters. The average molecular weight is 254 g/mol. The van der Waals surface area contributed by atoms with Gasteiger partial charge in [0, 0.05) is 6.20 Å². The molecule has 1 aromatic heterocycles. The Balaban J connectivity index is 3.15. The van der Waals surface area contributed by atoms with E-state index in [2.05, 4.69) is 14.5 Å². The van der Waals surface area contributed by atoms with Gasteiger partial charge in [0.15, 0.2) is 0 Å². The first-order chi connectivity index (χ1) is 7.76. The van der Waals surface area contributed by atoms with Gasteiger partial charge in [-0.05, 0) is 0 Å². The highest BCUT2D eigenvalue weighted by Gasteiger charge is 2.34. The summed E-state index contributed by atoms with van der Waals surface area (Å²) < 4.78 is 56.2. The van der Waals surface area contributed by atoms with E-state index in [1.165, 1.54) is 0 Å². The molecule has 0 saturated carbocycles. The van der Waals surface area contributed by atoms with Gasteiger partial charge in [-0.2, -0.15) is 4.39 Å². The second-order valence-corrected chi connectivity index (χ2v) is 2.74. The van der Waals surface area contributed by atoms with Gasteiger partial charge < -0.3 is 15.2 Å². The third-order valence-electron chi connectivity index (χ3n) is 1.64. The molecule has 1 heterocycles. The van der Waals surface area contributed by atoms with Crippen LogP contribution in [0.1, 0.15) is 10.4 Å². The molecule has 0 amide bonds. The van der Waals surface area contributed by atoms with Crippen molar-refractivity contribution in [3.05, 3.63) is 17.6 Å². The number of carbonyl (C=O) groups is 1. The van der Waals surface area contributed by atoms with E-state index in [-0.39, 0.29) is 0 Å². The van der Waals surface area contributed by atoms with E-state index in [1.54, 1.807) is 0 Å². The van der Waals surface area contributed by atoms with E-state index in [0.717, 1.165) is 7.11 Å². The highest BCUT2D eigenvalue weighted by Crippen LogP contribution is 2.28. The first-order valence-electron chi connectivity index (χ1n) is 4.04. The third-order valence-corrected chi connectivity index (χ3v) is 1.64. The highest BCUT2D eigenvalue weighted by atomic mass is 19.4. The topological polar surface area (TPSA) is 74.4 Å². The monoisotopic (exact) mass is 254 g/mol. The lowest BCUT2D eigenvalue weighted by molar-refractivity contribution is -0.277. The van der Waals surface area contributed by atoms with Crippen molar-refractivity contribution in [1.82, 2.24) is 4.98 Å². The highest BCUT2D eigenvalue weighted by molar-refractivity contribution is 5.94. The van der Waals surface area contributed by atoms with Crippen molar-refractivity contribution in [2.75, 3.05) is 12.8 Å². The van der Waals surface area contributed by atoms with Crippen LogP contribution in [0, 0.1) is 5.82 Å². The Bertz CT molecular complexity index is 447. The molecule has 0 aromatic carbocycles. The van der Waals surface area contributed by atoms with Gasteiger partial charge in [-0.15, -0.1) is 13.2 Å². The van der Waals surface area contributed by atoms with Gasteiger partial charge in [0.25, 0.3) is 5.88 Å². The summed E-state index contributed by atoms with van der Waals surface area (Å²) in [4.78, 5) is 14.0. The van der Waals surface area contributed by atoms with Crippen molar-refractivity contribution in [3.63, 3.8) is 0 Å². The Morgan fingerprint density at radius 2 is 2.06 bits per heavy atom. The molecule has 0 spiro atoms. The van der Waals surface area contributed by atoms with E-state index in [9.17, 15) is 22.4 Å². The van der Waals surface area contributed by atoms with Crippen LogP contribution in [0.25, 0.3) is 0 Å². The first kappa shape index (κ1) is 13.0. The normalized spacial score (nSPS) is 11.1. The van der Waals surface area contributed by atoms with Crippen LogP contribution in [0.5, 0.6) is 5.88 Å². The molecule has 0 bridgehead atoms. The molecule has 1 rings (SSSR count). The van der Waals surface area contributed by atoms with E-state index in [0.29, 0.717) is 6.20 Å². The summed E-state index contributed by atoms with van der Waals surface area (Å²) in [7, 11) is 1.000. The Morgan fingerprint density at radius 3 is 2.53 bits per heavy atom. The SMILES string of the molecule is COC(=O)c1cnc(OC(F)(F)F)c(F)c1N. The predicted octanol–water partition coefficient (Wildman–Crippen LogP) is 1.49. The van der Waals surface area contributed by atoms with Gasteiger partial charge in [0.05, 0.1) is 12.8 Å². The third kappa shape index (κ3) is 2.95. The summed E-state index contributed by atoms with van der Waals surface area (Å²) in [5.74, 6) is -3.96. The molecule has 1 aromatic rings. The molecule has 5 nitrogen and oxygen atoms in total. The minimum atomic E-state index is -5.10. The summed E-state index contributed by atoms with van der Waals surface area (Å²) in [6.07, 6.45) is -4.47. The van der Waals surface area contributed by atoms with Crippen LogP contribution in [0.4, 0.5) is 23.2 Å². The quantitative estimate of drug-likeness (QED) is 0.639. The van der Waals surface area contributed by atoms with Crippen molar-refractivity contribution in [2.24, 2.45) is 0 Å². The van der Waals surface area contributed by atoms with Crippen molar-refractivity contribution in [3.8, 4) is 5.88 Å². The zero-order chi connectivity index (χ0) is 13.2. The number of aromatic nitrogens is 1. The van der Waals surface area contributed by atoms with Crippen molar-refractivity contribution >= 4 is 11.7 Å². The Labute approximate surface area is 92.1 Å². The summed E-state index contributed by atoms with van der Waals surface area (Å²) in [5, 5.41) is 0. The maximum atomic E-state index is 13.3. The fraction of sp³-hybridized carbons (Fsp3) is 0.250. The molecule has 94 valence electrons. The molecule has 0 aliphatic rings. The number of ether oxygens (including phenoxy) is 2. The summed E-state index contributed by atoms with van der Waals surface area (Å²) in [5.41, 5.74) is 3.80. The lowest BCUT2D eigenvalue weighted by Gasteiger charge is -2.10. The fourth-order valence-corrected chi connectivity index (χ4v) is 0.936. The molecule has 0 fully saturated rings. The number of halogens is 4. The summed E-state index contributed by atoms with van der Waals surface area (Å²) in [6, 6.07) is 0. The number of hydrogen-bond acceptors (Lipinski definition) is 5. The number of pyridine rings is 1. The largest absolute Gasteiger partial charge is 0.574 e. The number of rotatable bonds is 2. The summed E-state index contributed by atoms with van der Waals surface area (Å²) >= 11 is 0. The fourth-order valence-electron chi connectivity index (χ4n) is 0.936. The van der Waals surface area contributed by atoms with Crippen LogP contribution in [0.3, 0.4) is 0 Å². The molecule has 0 radical (unpaired) electrons. The predicted molar refractivity (Wildman–Crippen MR) is 46.6 cm³/mol. The van der Waals surface area contributed by atoms with Gasteiger partial charge in [-0.25, -0.2) is 9.78 Å². The van der Waals surface area contributed by atoms with Gasteiger partial charge >= 0.3 is 12.3 Å². The van der Waals surface area contributed by atoms with Crippen LogP contribution in [0.2, 0.25) is 0 Å². The molecular formula is C8H6F4N2O3. The van der Waals surface area contributed by atoms with Crippen LogP contribution in [-0.4, -0.2) is 24.4 Å². The zero-order valence-corrected chi connectivity index (χ0v) is 8.34. The number of esters is 1. The smallest absolute Gasteiger partial charge is 0.465 e. The molecule has 0 aliphatic heterocycles. The minimum Gasteiger partial charge on any atom is -0.465 e. The van der Waals surface area contributed by atoms with E-state index < -0.39 is 35.3 Å². The Morgan fingerprint density at radius 1 is 1.47 bits per heavy atom. The van der Waals surface area contributed by atoms with E-state index >= 15 is 0 Å². The van der Waals surface area contributed by atoms with Crippen LogP contribution >= 0.6 is 0 Å². The number of nitrogens with zero attached hydrogens (tertiary/aromatic N) is 1. The maximum absolute atomic E-state index is 13.3. The molecule has 9 heteroatoms. The minimum absolute atomic E-state index is 0.487. The van der Waals surface area contributed by atoms with Crippen molar-refractivity contribution < 1.29 is 31.8 Å². The lowest BCUT2D eigenvalue weighted by atomic mass is 10.2. The second-order valence-electron chi connectivity index (χ2n) is 2.74. The number of nitrogens with two attached hydrogens (primary N) is 1. The molecule has 2 N–H and O–H groups in total. The number of nitrogen functional groups attached to an aromatic ring is 1. The number of hydrogen-bond donors (Lipinski definition) is 1. The van der Waals surface area contributed by atoms with Gasteiger partial charge in [-0.1, -0.05) is 0 Å². The number of alkyl halides is 3. The standard InChI is InChI=1S/C8H6F4N2O3/c1-16-7(15)3-2-14-6(4(9)5(3)13)17-8(10,11)12/h2H,1H3,(H2,13,14). The maximum Gasteiger partial charge on any atom is 0.574 e. The molecule has 0 aliphatic carbocycles. The van der Waals surface area contributed by atoms with Gasteiger partial charge in [-0.3, -0.25) is 0 Å². The Hall–Kier alpha value is -2.06. The average Bonchev–Trinajstić information content (AvgIpc) is 2.22. The molecule has 0 unspecified atom stereocenters. The number of anilines is 1. The first-order valence-corrected chi connectivity index (χ1v) is 4.04. The molecule has 0 saturated heterocycles. The van der Waals surface area contributed by atoms with E-state index in [4.69, 9.17) is 5.73 Å². The zero-order valence-electron chi connectivity index (χ0n) is 8.34. The van der Waals surface area contributed by atoms with Crippen LogP contribution in [0.15, 0.2) is 6.20 Å². The second kappa shape index (κ2) is 4.44. The Kier molecular flexibility index (Phi) is 3.39. The molecule has 17 heavy (non-hydrogen) atoms. The van der Waals surface area contributed by atoms with Crippen LogP contribution in [-0.2, 0) is 4.74 Å². The van der Waals surface area contributed by atoms with E-state index in [1.807, 2.05) is 0 Å². The van der Waals surface area contributed by atoms with Crippen LogP contribution < -0.4 is 10.5 Å². The lowest BCUT2D eigenvalue weighted by Crippen LogP contribution is -2.20. The number of carbonyl (C=O) groups excluding carboxylic acids is 1. The van der Waals surface area contributed by atoms with Crippen molar-refractivity contribution in [2.45, 2.75) is 6.36 Å². The summed E-state index contributed by atoms with van der Waals surface area (Å²) in [6.45, 7) is 0. The molecular weight excluding hydrogens is 248 g/mol. The van der Waals surface area contributed by atoms with Gasteiger partial charge in [0.1, 0.15) is 5.56 Å².